The van der Waals surface area contributed by atoms with Crippen molar-refractivity contribution in [2.75, 3.05) is 0 Å². The van der Waals surface area contributed by atoms with E-state index in [1.807, 2.05) is 17.9 Å². The van der Waals surface area contributed by atoms with Gasteiger partial charge in [-0.15, -0.1) is 4.68 Å². The quantitative estimate of drug-likeness (QED) is 0.652. The van der Waals surface area contributed by atoms with E-state index in [1.165, 1.54) is 5.56 Å². The third-order valence-corrected chi connectivity index (χ3v) is 1.87. The molecule has 0 unspecified atom stereocenters. The maximum atomic E-state index is 8.56. The fourth-order valence-electron chi connectivity index (χ4n) is 1.31. The topological polar surface area (TPSA) is 43.5 Å². The summed E-state index contributed by atoms with van der Waals surface area (Å²) in [7, 11) is 1.94. The molecule has 0 radical (unpaired) electrons. The van der Waals surface area contributed by atoms with Gasteiger partial charge in [0, 0.05) is 5.56 Å². The summed E-state index contributed by atoms with van der Waals surface area (Å²) in [5.41, 5.74) is 2.27. The minimum absolute atomic E-state index is 0.467. The first kappa shape index (κ1) is 8.79. The third-order valence-electron chi connectivity index (χ3n) is 1.87. The molecule has 0 aliphatic rings. The molecule has 1 rings (SSSR count). The second kappa shape index (κ2) is 3.40. The Bertz CT molecular complexity index is 304. The molecule has 12 heavy (non-hydrogen) atoms. The van der Waals surface area contributed by atoms with Crippen LogP contribution in [0.25, 0.3) is 0 Å². The van der Waals surface area contributed by atoms with Gasteiger partial charge in [-0.2, -0.15) is 10.4 Å². The summed E-state index contributed by atoms with van der Waals surface area (Å²) >= 11 is 0. The van der Waals surface area contributed by atoms with Gasteiger partial charge < -0.3 is 0 Å². The van der Waals surface area contributed by atoms with Crippen LogP contribution in [-0.2, 0) is 13.5 Å². The van der Waals surface area contributed by atoms with Crippen molar-refractivity contribution < 1.29 is 4.68 Å². The Morgan fingerprint density at radius 2 is 2.33 bits per heavy atom. The van der Waals surface area contributed by atoms with Crippen LogP contribution in [-0.4, -0.2) is 5.10 Å². The number of nitrogens with zero attached hydrogens (tertiary/aromatic N) is 2. The van der Waals surface area contributed by atoms with Crippen LogP contribution >= 0.6 is 0 Å². The first-order valence-corrected chi connectivity index (χ1v) is 4.09. The number of nitrogens with one attached hydrogen (secondary N) is 1. The van der Waals surface area contributed by atoms with Gasteiger partial charge >= 0.3 is 0 Å². The van der Waals surface area contributed by atoms with E-state index < -0.39 is 0 Å². The van der Waals surface area contributed by atoms with E-state index >= 15 is 0 Å². The lowest BCUT2D eigenvalue weighted by molar-refractivity contribution is -0.727. The molecule has 0 aliphatic carbocycles. The van der Waals surface area contributed by atoms with E-state index in [-0.39, 0.29) is 0 Å². The molecule has 0 spiro atoms. The van der Waals surface area contributed by atoms with E-state index in [2.05, 4.69) is 25.0 Å². The van der Waals surface area contributed by atoms with Gasteiger partial charge in [0.25, 0.3) is 0 Å². The molecular formula is C9H14N3+. The molecule has 0 atom stereocenters. The molecule has 1 heterocycles. The smallest absolute Gasteiger partial charge is 0.198 e. The number of hydrogen-bond acceptors (Lipinski definition) is 1. The molecule has 1 aromatic rings. The second-order valence-corrected chi connectivity index (χ2v) is 3.28. The fraction of sp³-hybridized carbons (Fsp3) is 0.556. The van der Waals surface area contributed by atoms with Gasteiger partial charge in [0.1, 0.15) is 0 Å². The molecule has 0 bridgehead atoms. The van der Waals surface area contributed by atoms with Crippen LogP contribution in [0.2, 0.25) is 0 Å². The van der Waals surface area contributed by atoms with Crippen LogP contribution in [0, 0.1) is 11.3 Å². The average molecular weight is 164 g/mol. The number of aryl methyl sites for hydroxylation is 1. The van der Waals surface area contributed by atoms with Crippen LogP contribution in [0.15, 0.2) is 6.20 Å². The monoisotopic (exact) mass is 164 g/mol. The zero-order chi connectivity index (χ0) is 9.14. The van der Waals surface area contributed by atoms with Crippen LogP contribution in [0.4, 0.5) is 0 Å². The maximum absolute atomic E-state index is 8.56. The lowest BCUT2D eigenvalue weighted by atomic mass is 10.0. The highest BCUT2D eigenvalue weighted by Gasteiger charge is 2.14. The molecule has 64 valence electrons. The van der Waals surface area contributed by atoms with Crippen LogP contribution in [0.5, 0.6) is 0 Å². The van der Waals surface area contributed by atoms with Crippen molar-refractivity contribution in [2.45, 2.75) is 26.2 Å². The first-order chi connectivity index (χ1) is 5.65. The predicted molar refractivity (Wildman–Crippen MR) is 45.4 cm³/mol. The minimum atomic E-state index is 0.467. The number of hydrogen-bond donors (Lipinski definition) is 1. The zero-order valence-electron chi connectivity index (χ0n) is 7.76. The van der Waals surface area contributed by atoms with Crippen molar-refractivity contribution in [3.63, 3.8) is 0 Å². The molecule has 0 fully saturated rings. The Morgan fingerprint density at radius 3 is 2.83 bits per heavy atom. The first-order valence-electron chi connectivity index (χ1n) is 4.09. The average Bonchev–Trinajstić information content (AvgIpc) is 2.32. The summed E-state index contributed by atoms with van der Waals surface area (Å²) in [6.45, 7) is 4.26. The summed E-state index contributed by atoms with van der Waals surface area (Å²) < 4.78 is 1.89. The molecule has 3 nitrogen and oxygen atoms in total. The standard InChI is InChI=1S/C9H13N3/c1-7(2)8-6-12(3)11-9(8)4-5-10/h6-7H,4H2,1-3H3/p+1. The Balaban J connectivity index is 3.01. The highest BCUT2D eigenvalue weighted by molar-refractivity contribution is 5.20. The normalized spacial score (nSPS) is 10.2. The summed E-state index contributed by atoms with van der Waals surface area (Å²) in [5.74, 6) is 0.478. The van der Waals surface area contributed by atoms with E-state index in [0.29, 0.717) is 12.3 Å². The van der Waals surface area contributed by atoms with Crippen molar-refractivity contribution in [3.05, 3.63) is 17.5 Å². The molecule has 0 aromatic carbocycles. The fourth-order valence-corrected chi connectivity index (χ4v) is 1.31. The van der Waals surface area contributed by atoms with Gasteiger partial charge in [-0.05, 0) is 5.92 Å². The van der Waals surface area contributed by atoms with Gasteiger partial charge in [0.2, 0.25) is 0 Å². The van der Waals surface area contributed by atoms with Crippen molar-refractivity contribution in [3.8, 4) is 6.07 Å². The molecule has 0 saturated carbocycles. The Morgan fingerprint density at radius 1 is 1.67 bits per heavy atom. The molecule has 1 N–H and O–H groups in total. The van der Waals surface area contributed by atoms with Gasteiger partial charge in [-0.25, -0.2) is 0 Å². The van der Waals surface area contributed by atoms with Crippen molar-refractivity contribution in [1.82, 2.24) is 5.10 Å². The van der Waals surface area contributed by atoms with Crippen molar-refractivity contribution in [1.29, 1.82) is 5.26 Å². The van der Waals surface area contributed by atoms with Crippen LogP contribution in [0.1, 0.15) is 31.0 Å². The van der Waals surface area contributed by atoms with E-state index in [9.17, 15) is 0 Å². The molecule has 0 aliphatic heterocycles. The SMILES string of the molecule is CC(C)c1c[n+](C)[nH]c1CC#N. The lowest BCUT2D eigenvalue weighted by Gasteiger charge is -1.98. The maximum Gasteiger partial charge on any atom is 0.198 e. The predicted octanol–water partition coefficient (Wildman–Crippen LogP) is 1.03. The lowest BCUT2D eigenvalue weighted by Crippen LogP contribution is -2.28. The van der Waals surface area contributed by atoms with Gasteiger partial charge in [0.15, 0.2) is 13.2 Å². The molecule has 0 saturated heterocycles. The second-order valence-electron chi connectivity index (χ2n) is 3.28. The van der Waals surface area contributed by atoms with Crippen molar-refractivity contribution >= 4 is 0 Å². The Hall–Kier alpha value is -1.30. The number of aromatic nitrogens is 2. The largest absolute Gasteiger partial charge is 0.198 e. The Labute approximate surface area is 72.6 Å². The highest BCUT2D eigenvalue weighted by Crippen LogP contribution is 2.15. The van der Waals surface area contributed by atoms with Gasteiger partial charge in [-0.1, -0.05) is 13.8 Å². The number of aromatic amines is 1. The number of rotatable bonds is 2. The summed E-state index contributed by atoms with van der Waals surface area (Å²) in [5, 5.41) is 11.7. The number of H-pyrrole nitrogens is 1. The minimum Gasteiger partial charge on any atom is -0.198 e. The number of nitriles is 1. The van der Waals surface area contributed by atoms with E-state index in [4.69, 9.17) is 5.26 Å². The van der Waals surface area contributed by atoms with Crippen LogP contribution < -0.4 is 4.68 Å². The third kappa shape index (κ3) is 1.65. The molecular weight excluding hydrogens is 150 g/mol. The summed E-state index contributed by atoms with van der Waals surface area (Å²) in [4.78, 5) is 0. The van der Waals surface area contributed by atoms with Crippen LogP contribution in [0.3, 0.4) is 0 Å². The van der Waals surface area contributed by atoms with Gasteiger partial charge in [0.05, 0.1) is 18.2 Å². The summed E-state index contributed by atoms with van der Waals surface area (Å²) in [6.07, 6.45) is 2.51. The molecule has 3 heteroatoms. The van der Waals surface area contributed by atoms with E-state index in [0.717, 1.165) is 5.69 Å². The highest BCUT2D eigenvalue weighted by atomic mass is 15.2. The molecule has 1 aromatic heterocycles. The molecule has 0 amide bonds. The van der Waals surface area contributed by atoms with Gasteiger partial charge in [-0.3, -0.25) is 0 Å². The summed E-state index contributed by atoms with van der Waals surface area (Å²) in [6, 6.07) is 2.15. The Kier molecular flexibility index (Phi) is 2.49. The zero-order valence-corrected chi connectivity index (χ0v) is 7.76. The van der Waals surface area contributed by atoms with E-state index in [1.54, 1.807) is 0 Å². The van der Waals surface area contributed by atoms with Crippen molar-refractivity contribution in [2.24, 2.45) is 7.05 Å².